The summed E-state index contributed by atoms with van der Waals surface area (Å²) in [7, 11) is 0. The fraction of sp³-hybridized carbons (Fsp3) is 0.574. The van der Waals surface area contributed by atoms with Gasteiger partial charge < -0.3 is 124 Å². The van der Waals surface area contributed by atoms with Gasteiger partial charge in [0.2, 0.25) is 76.8 Å². The minimum atomic E-state index is -1.96. The molecule has 0 unspecified atom stereocenters. The Labute approximate surface area is 642 Å². The Hall–Kier alpha value is -10.2. The van der Waals surface area contributed by atoms with Crippen LogP contribution in [0.15, 0.2) is 70.6 Å². The average molecular weight is 1570 g/mol. The van der Waals surface area contributed by atoms with Gasteiger partial charge in [-0.2, -0.15) is 25.3 Å². The third-order valence-corrected chi connectivity index (χ3v) is 17.6. The van der Waals surface area contributed by atoms with Gasteiger partial charge >= 0.3 is 5.97 Å². The van der Waals surface area contributed by atoms with E-state index in [-0.39, 0.29) is 94.3 Å². The lowest BCUT2D eigenvalue weighted by Gasteiger charge is -2.30. The molecule has 0 saturated heterocycles. The van der Waals surface area contributed by atoms with E-state index < -0.39 is 200 Å². The predicted octanol–water partition coefficient (Wildman–Crippen LogP) is -7.79. The Bertz CT molecular complexity index is 3380. The van der Waals surface area contributed by atoms with E-state index in [9.17, 15) is 87.2 Å². The quantitative estimate of drug-likeness (QED) is 0.00962. The van der Waals surface area contributed by atoms with Crippen molar-refractivity contribution in [2.45, 2.75) is 177 Å². The number of hydrogen-bond acceptors (Lipinski definition) is 23. The zero-order valence-corrected chi connectivity index (χ0v) is 63.3. The number of aliphatic hydroxyl groups excluding tert-OH is 2. The number of nitrogens with two attached hydrogens (primary N) is 6. The Morgan fingerprint density at radius 3 is 1.28 bits per heavy atom. The van der Waals surface area contributed by atoms with E-state index in [1.165, 1.54) is 0 Å². The Morgan fingerprint density at radius 1 is 0.450 bits per heavy atom. The number of nitrogens with one attached hydrogen (secondary N) is 13. The molecule has 0 aliphatic heterocycles. The number of aliphatic hydroxyl groups is 2. The van der Waals surface area contributed by atoms with Crippen molar-refractivity contribution >= 4 is 126 Å². The van der Waals surface area contributed by atoms with Crippen LogP contribution in [0.5, 0.6) is 0 Å². The van der Waals surface area contributed by atoms with Crippen molar-refractivity contribution in [1.29, 1.82) is 0 Å². The fourth-order valence-electron chi connectivity index (χ4n) is 10.3. The molecule has 28 N–H and O–H groups in total. The molecule has 13 amide bonds. The molecule has 2 rings (SSSR count). The Morgan fingerprint density at radius 2 is 0.844 bits per heavy atom. The summed E-state index contributed by atoms with van der Waals surface area (Å²) in [5.41, 5.74) is 34.4. The molecule has 0 heterocycles. The number of carboxylic acid groups (broad SMARTS) is 1. The monoisotopic (exact) mass is 1570 g/mol. The second-order valence-electron chi connectivity index (χ2n) is 25.5. The molecule has 39 nitrogen and oxygen atoms in total. The standard InChI is InChI=1S/C68H109N21O18S2/c1-5-37(3)54(88-58(99)43(22-15-25-75-67(71)72)80-52(94)31-77-51(93)30-78-57(98)45(27-39-17-9-7-10-18-39)82-63(104)49(35-108)86-62(103)48(34-92)85-56(97)42(70)33-91)65(106)84-47(29-53(95)96)61(102)81-44(23-16-26-76-68(73)74)59(100)89-55(38(4)6-2)66(107)87-50(36-109)64(105)83-46(28-40-19-11-8-12-20-40)60(101)79-41(32-90)21-13-14-24-69/h7-12,17-20,32,37-38,41-50,54-55,91-92,108-109H,5-6,13-16,21-31,33-36,69-70H2,1-4H3,(H,77,93)(H,78,98)(H,79,101)(H,80,94)(H,81,102)(H,82,104)(H,83,105)(H,84,106)(H,85,97)(H,86,103)(H,87,107)(H,88,99)(H,89,100)(H,95,96)(H4,71,72,75)(H4,73,74,76)/t37-,38-,41-,42-,43-,44-,45-,46-,47-,48-,49-,50-,54-,55-/m0/s1. The summed E-state index contributed by atoms with van der Waals surface area (Å²) in [5.74, 6) is -16.8. The van der Waals surface area contributed by atoms with Crippen LogP contribution in [0.2, 0.25) is 0 Å². The van der Waals surface area contributed by atoms with Gasteiger partial charge in [0.25, 0.3) is 0 Å². The number of thiol groups is 2. The number of rotatable bonds is 53. The van der Waals surface area contributed by atoms with Crippen molar-refractivity contribution in [3.63, 3.8) is 0 Å². The largest absolute Gasteiger partial charge is 0.481 e. The van der Waals surface area contributed by atoms with Gasteiger partial charge in [-0.15, -0.1) is 0 Å². The molecule has 0 saturated carbocycles. The Kier molecular flexibility index (Phi) is 45.2. The highest BCUT2D eigenvalue weighted by Gasteiger charge is 2.38. The lowest BCUT2D eigenvalue weighted by atomic mass is 9.96. The summed E-state index contributed by atoms with van der Waals surface area (Å²) in [6.07, 6.45) is 0.762. The van der Waals surface area contributed by atoms with Crippen molar-refractivity contribution in [1.82, 2.24) is 69.1 Å². The molecule has 0 fully saturated rings. The number of aldehydes is 1. The molecule has 0 spiro atoms. The van der Waals surface area contributed by atoms with Crippen LogP contribution in [0.25, 0.3) is 0 Å². The van der Waals surface area contributed by atoms with Gasteiger partial charge in [-0.25, -0.2) is 0 Å². The number of carboxylic acids is 1. The van der Waals surface area contributed by atoms with Crippen LogP contribution in [-0.4, -0.2) is 246 Å². The van der Waals surface area contributed by atoms with E-state index in [4.69, 9.17) is 34.4 Å². The van der Waals surface area contributed by atoms with Crippen molar-refractivity contribution in [3.8, 4) is 0 Å². The molecule has 0 aliphatic rings. The first-order valence-corrected chi connectivity index (χ1v) is 36.7. The van der Waals surface area contributed by atoms with Crippen LogP contribution >= 0.6 is 25.3 Å². The zero-order chi connectivity index (χ0) is 81.7. The van der Waals surface area contributed by atoms with Crippen molar-refractivity contribution in [2.75, 3.05) is 57.4 Å². The molecule has 2 aromatic carbocycles. The lowest BCUT2D eigenvalue weighted by molar-refractivity contribution is -0.142. The number of amides is 13. The van der Waals surface area contributed by atoms with Crippen molar-refractivity contribution in [3.05, 3.63) is 71.8 Å². The average Bonchev–Trinajstić information content (AvgIpc) is 0.854. The first kappa shape index (κ1) is 94.8. The highest BCUT2D eigenvalue weighted by atomic mass is 32.1. The number of benzene rings is 2. The highest BCUT2D eigenvalue weighted by molar-refractivity contribution is 7.80. The van der Waals surface area contributed by atoms with Crippen molar-refractivity contribution in [2.24, 2.45) is 56.2 Å². The van der Waals surface area contributed by atoms with Crippen LogP contribution in [-0.2, 0) is 84.8 Å². The maximum absolute atomic E-state index is 14.5. The van der Waals surface area contributed by atoms with E-state index in [0.717, 1.165) is 0 Å². The summed E-state index contributed by atoms with van der Waals surface area (Å²) in [4.78, 5) is 211. The molecular formula is C68H109N21O18S2. The summed E-state index contributed by atoms with van der Waals surface area (Å²) in [5, 5.41) is 61.1. The molecule has 0 aromatic heterocycles. The molecule has 14 atom stereocenters. The zero-order valence-electron chi connectivity index (χ0n) is 61.5. The number of aliphatic carboxylic acids is 1. The Balaban J connectivity index is 2.40. The molecule has 41 heteroatoms. The number of carbonyl (C=O) groups excluding carboxylic acids is 14. The van der Waals surface area contributed by atoms with Gasteiger partial charge in [-0.3, -0.25) is 77.1 Å². The van der Waals surface area contributed by atoms with Crippen LogP contribution < -0.4 is 104 Å². The molecule has 0 radical (unpaired) electrons. The smallest absolute Gasteiger partial charge is 0.305 e. The van der Waals surface area contributed by atoms with E-state index in [1.807, 2.05) is 0 Å². The summed E-state index contributed by atoms with van der Waals surface area (Å²) in [6, 6.07) is -0.578. The van der Waals surface area contributed by atoms with Gasteiger partial charge in [-0.05, 0) is 74.5 Å². The van der Waals surface area contributed by atoms with Gasteiger partial charge in [0, 0.05) is 37.4 Å². The van der Waals surface area contributed by atoms with Gasteiger partial charge in [0.15, 0.2) is 11.9 Å². The minimum Gasteiger partial charge on any atom is -0.481 e. The molecule has 109 heavy (non-hydrogen) atoms. The highest BCUT2D eigenvalue weighted by Crippen LogP contribution is 2.15. The maximum atomic E-state index is 14.5. The van der Waals surface area contributed by atoms with Crippen LogP contribution in [0, 0.1) is 11.8 Å². The molecular weight excluding hydrogens is 1460 g/mol. The number of guanidine groups is 2. The van der Waals surface area contributed by atoms with E-state index in [0.29, 0.717) is 36.8 Å². The number of carbonyl (C=O) groups is 15. The molecule has 0 aliphatic carbocycles. The predicted molar refractivity (Wildman–Crippen MR) is 407 cm³/mol. The molecule has 0 bridgehead atoms. The van der Waals surface area contributed by atoms with E-state index >= 15 is 0 Å². The van der Waals surface area contributed by atoms with Crippen LogP contribution in [0.4, 0.5) is 0 Å². The number of aliphatic imine (C=N–C) groups is 2. The molecule has 606 valence electrons. The number of unbranched alkanes of at least 4 members (excludes halogenated alkanes) is 1. The van der Waals surface area contributed by atoms with Crippen molar-refractivity contribution < 1.29 is 87.2 Å². The van der Waals surface area contributed by atoms with Gasteiger partial charge in [0.1, 0.15) is 72.7 Å². The lowest BCUT2D eigenvalue weighted by Crippen LogP contribution is -2.62. The van der Waals surface area contributed by atoms with Crippen LogP contribution in [0.1, 0.15) is 103 Å². The van der Waals surface area contributed by atoms with Gasteiger partial charge in [-0.1, -0.05) is 101 Å². The summed E-state index contributed by atoms with van der Waals surface area (Å²) in [6.45, 7) is 3.44. The normalized spacial score (nSPS) is 14.8. The number of nitrogens with zero attached hydrogens (tertiary/aromatic N) is 2. The van der Waals surface area contributed by atoms with E-state index in [2.05, 4.69) is 104 Å². The van der Waals surface area contributed by atoms with Gasteiger partial charge in [0.05, 0.1) is 38.8 Å². The summed E-state index contributed by atoms with van der Waals surface area (Å²) >= 11 is 8.45. The number of hydrogen-bond donors (Lipinski definition) is 24. The fourth-order valence-corrected chi connectivity index (χ4v) is 10.8. The first-order chi connectivity index (χ1) is 51.8. The topological polar surface area (TPSA) is 654 Å². The third kappa shape index (κ3) is 36.5. The first-order valence-electron chi connectivity index (χ1n) is 35.4. The second-order valence-corrected chi connectivity index (χ2v) is 26.3. The third-order valence-electron chi connectivity index (χ3n) is 16.9. The molecule has 2 aromatic rings. The second kappa shape index (κ2) is 51.9. The van der Waals surface area contributed by atoms with Crippen LogP contribution in [0.3, 0.4) is 0 Å². The minimum absolute atomic E-state index is 0.00177. The SMILES string of the molecule is CC[C@H](C)[C@H](NC(=O)[C@H](CCCN=C(N)N)NC(=O)CNC(=O)CNC(=O)[C@H](Cc1ccccc1)NC(=O)[C@H](CS)NC(=O)[C@H](CO)NC(=O)[C@@H](N)CO)C(=O)N[C@@H](CC(=O)O)C(=O)N[C@@H](CCCN=C(N)N)C(=O)N[C@H](C(=O)N[C@@H](CS)C(=O)N[C@@H](Cc1ccccc1)C(=O)N[C@H](C=O)CCCCN)[C@@H](C)CC. The summed E-state index contributed by atoms with van der Waals surface area (Å²) < 4.78 is 0. The van der Waals surface area contributed by atoms with E-state index in [1.54, 1.807) is 88.4 Å². The maximum Gasteiger partial charge on any atom is 0.305 e.